The van der Waals surface area contributed by atoms with Gasteiger partial charge in [-0.25, -0.2) is 0 Å². The molecule has 1 atom stereocenters. The smallest absolute Gasteiger partial charge is 0.449 e. The number of carbonyl (C=O) groups excluding carboxylic acids is 4. The van der Waals surface area contributed by atoms with Crippen molar-refractivity contribution in [2.75, 3.05) is 0 Å². The number of carbonyl (C=O) groups is 4. The van der Waals surface area contributed by atoms with Crippen LogP contribution < -0.4 is 0 Å². The Balaban J connectivity index is 5.78. The molecule has 0 bridgehead atoms. The van der Waals surface area contributed by atoms with E-state index < -0.39 is 41.9 Å². The molecule has 8 nitrogen and oxygen atoms in total. The van der Waals surface area contributed by atoms with E-state index in [0.717, 1.165) is 77.0 Å². The third-order valence-corrected chi connectivity index (χ3v) is 17.9. The van der Waals surface area contributed by atoms with Gasteiger partial charge >= 0.3 is 29.9 Å². The number of esters is 4. The van der Waals surface area contributed by atoms with Gasteiger partial charge in [0.2, 0.25) is 6.10 Å². The fraction of sp³-hybridized carbons (Fsp3) is 0.948. The van der Waals surface area contributed by atoms with Crippen molar-refractivity contribution >= 4 is 23.9 Å². The van der Waals surface area contributed by atoms with Crippen molar-refractivity contribution in [1.29, 1.82) is 0 Å². The van der Waals surface area contributed by atoms with Crippen LogP contribution in [0.1, 0.15) is 452 Å². The molecule has 0 aliphatic rings. The van der Waals surface area contributed by atoms with Crippen LogP contribution in [0.25, 0.3) is 0 Å². The largest absolute Gasteiger partial charge is 0.463 e. The molecule has 0 aliphatic carbocycles. The van der Waals surface area contributed by atoms with E-state index in [1.54, 1.807) is 0 Å². The molecule has 0 heterocycles. The van der Waals surface area contributed by atoms with Gasteiger partial charge in [0.1, 0.15) is 0 Å². The van der Waals surface area contributed by atoms with Crippen LogP contribution in [0.5, 0.6) is 0 Å². The maximum absolute atomic E-state index is 14.1. The van der Waals surface area contributed by atoms with Crippen molar-refractivity contribution < 1.29 is 38.1 Å². The predicted molar refractivity (Wildman–Crippen MR) is 364 cm³/mol. The first-order chi connectivity index (χ1) is 41.6. The number of ether oxygens (including phenoxy) is 4. The molecule has 0 spiro atoms. The fourth-order valence-electron chi connectivity index (χ4n) is 12.2. The first-order valence-electron chi connectivity index (χ1n) is 38.5. The second-order valence-electron chi connectivity index (χ2n) is 27.0. The van der Waals surface area contributed by atoms with Gasteiger partial charge in [-0.1, -0.05) is 401 Å². The van der Waals surface area contributed by atoms with Crippen LogP contribution in [-0.2, 0) is 38.1 Å². The topological polar surface area (TPSA) is 105 Å². The van der Waals surface area contributed by atoms with Gasteiger partial charge < -0.3 is 18.9 Å². The van der Waals surface area contributed by atoms with Crippen LogP contribution in [-0.4, -0.2) is 36.0 Å². The van der Waals surface area contributed by atoms with Gasteiger partial charge in [0.25, 0.3) is 0 Å². The van der Waals surface area contributed by atoms with E-state index in [2.05, 4.69) is 27.7 Å². The van der Waals surface area contributed by atoms with Crippen LogP contribution in [0, 0.1) is 5.92 Å². The highest BCUT2D eigenvalue weighted by Gasteiger charge is 2.55. The van der Waals surface area contributed by atoms with E-state index in [0.29, 0.717) is 25.7 Å². The van der Waals surface area contributed by atoms with Gasteiger partial charge in [-0.05, 0) is 25.7 Å². The van der Waals surface area contributed by atoms with Gasteiger partial charge in [0.15, 0.2) is 0 Å². The highest BCUT2D eigenvalue weighted by atomic mass is 16.9. The molecule has 0 aromatic heterocycles. The monoisotopic (exact) mass is 1200 g/mol. The molecule has 0 aromatic carbocycles. The standard InChI is InChI=1S/C77H148O8/c1-7-11-15-19-23-27-31-35-39-43-47-51-55-59-63-67-72(78)82-76(71(5)6)77(83-73(79)68-64-60-56-52-48-44-40-36-32-28-24-20-16-12-8-2,84-74(80)69-65-61-57-53-49-45-41-37-33-29-25-21-17-13-9-3)85-75(81)70-66-62-58-54-50-46-42-38-34-30-26-22-18-14-10-4/h71,76H,7-70H2,1-6H3. The quantitative estimate of drug-likeness (QED) is 0.0337. The van der Waals surface area contributed by atoms with Crippen LogP contribution in [0.3, 0.4) is 0 Å². The molecular formula is C77H148O8. The highest BCUT2D eigenvalue weighted by molar-refractivity contribution is 5.75. The van der Waals surface area contributed by atoms with E-state index in [-0.39, 0.29) is 25.7 Å². The number of hydrogen-bond donors (Lipinski definition) is 0. The molecule has 0 saturated heterocycles. The van der Waals surface area contributed by atoms with E-state index in [9.17, 15) is 19.2 Å². The zero-order valence-corrected chi connectivity index (χ0v) is 58.2. The Morgan fingerprint density at radius 1 is 0.224 bits per heavy atom. The van der Waals surface area contributed by atoms with Crippen molar-refractivity contribution in [1.82, 2.24) is 0 Å². The van der Waals surface area contributed by atoms with Crippen molar-refractivity contribution in [2.24, 2.45) is 5.92 Å². The summed E-state index contributed by atoms with van der Waals surface area (Å²) in [4.78, 5) is 56.0. The first-order valence-corrected chi connectivity index (χ1v) is 38.5. The van der Waals surface area contributed by atoms with Crippen molar-refractivity contribution in [3.8, 4) is 0 Å². The van der Waals surface area contributed by atoms with Gasteiger partial charge in [-0.15, -0.1) is 0 Å². The average molecular weight is 1200 g/mol. The Morgan fingerprint density at radius 3 is 0.518 bits per heavy atom. The highest BCUT2D eigenvalue weighted by Crippen LogP contribution is 2.33. The number of unbranched alkanes of at least 4 members (excludes halogenated alkanes) is 56. The molecule has 85 heavy (non-hydrogen) atoms. The van der Waals surface area contributed by atoms with Crippen LogP contribution >= 0.6 is 0 Å². The zero-order valence-electron chi connectivity index (χ0n) is 58.2. The van der Waals surface area contributed by atoms with E-state index in [4.69, 9.17) is 18.9 Å². The van der Waals surface area contributed by atoms with Gasteiger partial charge in [-0.3, -0.25) is 19.2 Å². The molecule has 8 heteroatoms. The lowest BCUT2D eigenvalue weighted by molar-refractivity contribution is -0.369. The second kappa shape index (κ2) is 66.3. The third kappa shape index (κ3) is 58.0. The summed E-state index contributed by atoms with van der Waals surface area (Å²) in [5.41, 5.74) is 0. The van der Waals surface area contributed by atoms with E-state index in [1.165, 1.54) is 283 Å². The van der Waals surface area contributed by atoms with Crippen LogP contribution in [0.15, 0.2) is 0 Å². The van der Waals surface area contributed by atoms with E-state index >= 15 is 0 Å². The average Bonchev–Trinajstić information content (AvgIpc) is 3.69. The molecule has 0 rings (SSSR count). The molecule has 0 radical (unpaired) electrons. The molecule has 0 N–H and O–H groups in total. The van der Waals surface area contributed by atoms with Crippen LogP contribution in [0.2, 0.25) is 0 Å². The molecule has 0 amide bonds. The zero-order chi connectivity index (χ0) is 62.0. The molecule has 1 unspecified atom stereocenters. The summed E-state index contributed by atoms with van der Waals surface area (Å²) in [7, 11) is 0. The minimum absolute atomic E-state index is 0.0884. The van der Waals surface area contributed by atoms with Gasteiger partial charge in [0.05, 0.1) is 0 Å². The number of hydrogen-bond acceptors (Lipinski definition) is 8. The Bertz CT molecular complexity index is 1300. The number of rotatable bonds is 70. The van der Waals surface area contributed by atoms with Crippen molar-refractivity contribution in [3.63, 3.8) is 0 Å². The van der Waals surface area contributed by atoms with Gasteiger partial charge in [-0.2, -0.15) is 0 Å². The van der Waals surface area contributed by atoms with Gasteiger partial charge in [0, 0.05) is 31.6 Å². The Labute approximate surface area is 530 Å². The normalized spacial score (nSPS) is 12.1. The lowest BCUT2D eigenvalue weighted by atomic mass is 10.0. The third-order valence-electron chi connectivity index (χ3n) is 17.9. The first kappa shape index (κ1) is 82.9. The van der Waals surface area contributed by atoms with Crippen LogP contribution in [0.4, 0.5) is 0 Å². The summed E-state index contributed by atoms with van der Waals surface area (Å²) in [6, 6.07) is 0. The minimum atomic E-state index is -2.51. The maximum atomic E-state index is 14.1. The summed E-state index contributed by atoms with van der Waals surface area (Å²) in [5.74, 6) is -5.31. The lowest BCUT2D eigenvalue weighted by Crippen LogP contribution is -2.57. The SMILES string of the molecule is CCCCCCCCCCCCCCCCCC(=O)OC(C(C)C)C(OC(=O)CCCCCCCCCCCCCCCCC)(OC(=O)CCCCCCCCCCCCCCCCC)OC(=O)CCCCCCCCCCCCCCCCC. The molecule has 0 aliphatic heterocycles. The summed E-state index contributed by atoms with van der Waals surface area (Å²) in [6.45, 7) is 12.8. The molecular weight excluding hydrogens is 1050 g/mol. The Kier molecular flexibility index (Phi) is 64.6. The maximum Gasteiger partial charge on any atom is 0.463 e. The predicted octanol–water partition coefficient (Wildman–Crippen LogP) is 25.9. The summed E-state index contributed by atoms with van der Waals surface area (Å²) in [6.07, 6.45) is 72.2. The molecule has 0 aromatic rings. The Hall–Kier alpha value is -2.12. The minimum Gasteiger partial charge on any atom is -0.449 e. The van der Waals surface area contributed by atoms with Crippen molar-refractivity contribution in [3.05, 3.63) is 0 Å². The Morgan fingerprint density at radius 2 is 0.365 bits per heavy atom. The van der Waals surface area contributed by atoms with E-state index in [1.807, 2.05) is 13.8 Å². The van der Waals surface area contributed by atoms with Crippen molar-refractivity contribution in [2.45, 2.75) is 465 Å². The summed E-state index contributed by atoms with van der Waals surface area (Å²) in [5, 5.41) is 0. The molecule has 504 valence electrons. The molecule has 0 fully saturated rings. The summed E-state index contributed by atoms with van der Waals surface area (Å²) < 4.78 is 24.8. The summed E-state index contributed by atoms with van der Waals surface area (Å²) >= 11 is 0. The fourth-order valence-corrected chi connectivity index (χ4v) is 12.2. The second-order valence-corrected chi connectivity index (χ2v) is 27.0. The lowest BCUT2D eigenvalue weighted by Gasteiger charge is -2.38. The molecule has 0 saturated carbocycles.